The van der Waals surface area contributed by atoms with Crippen LogP contribution >= 0.6 is 0 Å². The molecule has 0 bridgehead atoms. The Hall–Kier alpha value is -0.917. The van der Waals surface area contributed by atoms with Crippen molar-refractivity contribution in [3.63, 3.8) is 0 Å². The molecule has 0 spiro atoms. The van der Waals surface area contributed by atoms with Gasteiger partial charge in [-0.2, -0.15) is 0 Å². The molecule has 0 rings (SSSR count). The first-order valence-corrected chi connectivity index (χ1v) is 8.09. The van der Waals surface area contributed by atoms with Crippen LogP contribution in [-0.2, 0) is 29.1 Å². The van der Waals surface area contributed by atoms with Crippen molar-refractivity contribution < 1.29 is 101 Å². The van der Waals surface area contributed by atoms with Crippen LogP contribution in [0.3, 0.4) is 0 Å². The van der Waals surface area contributed by atoms with Gasteiger partial charge in [-0.15, -0.1) is 0 Å². The first kappa shape index (κ1) is 34.7. The second-order valence-electron chi connectivity index (χ2n) is 5.97. The molecule has 0 saturated heterocycles. The molecule has 12 N–H and O–H groups in total. The minimum Gasteiger partial charge on any atom is -0.547 e. The molecule has 0 heterocycles. The molecule has 0 unspecified atom stereocenters. The Balaban J connectivity index is -0.000000490. The number of aliphatic hydroxyl groups excluding tert-OH is 12. The Morgan fingerprint density at radius 3 is 0.903 bits per heavy atom. The van der Waals surface area contributed by atoms with Gasteiger partial charge < -0.3 is 81.1 Å². The molecular formula is C14H26O16Zn. The van der Waals surface area contributed by atoms with Crippen LogP contribution in [0, 0.1) is 0 Å². The van der Waals surface area contributed by atoms with Gasteiger partial charge >= 0.3 is 19.5 Å². The predicted octanol–water partition coefficient (Wildman–Crippen LogP) is -10.9. The second-order valence-corrected chi connectivity index (χ2v) is 5.97. The minimum atomic E-state index is -2.40. The maximum atomic E-state index is 10.1. The quantitative estimate of drug-likeness (QED) is 0.107. The van der Waals surface area contributed by atoms with E-state index in [4.69, 9.17) is 61.3 Å². The molecule has 16 nitrogen and oxygen atoms in total. The number of aliphatic carboxylic acids is 2. The van der Waals surface area contributed by atoms with Crippen molar-refractivity contribution in [1.82, 2.24) is 0 Å². The third kappa shape index (κ3) is 11.5. The van der Waals surface area contributed by atoms with Gasteiger partial charge in [-0.05, 0) is 0 Å². The van der Waals surface area contributed by atoms with Crippen LogP contribution in [0.15, 0.2) is 0 Å². The van der Waals surface area contributed by atoms with Gasteiger partial charge in [-0.3, -0.25) is 0 Å². The van der Waals surface area contributed by atoms with E-state index in [2.05, 4.69) is 0 Å². The first-order valence-electron chi connectivity index (χ1n) is 8.09. The molecule has 0 aliphatic heterocycles. The number of hydrogen-bond acceptors (Lipinski definition) is 16. The zero-order chi connectivity index (χ0) is 24.3. The maximum Gasteiger partial charge on any atom is 2.00 e. The van der Waals surface area contributed by atoms with Crippen molar-refractivity contribution in [3.8, 4) is 0 Å². The zero-order valence-corrected chi connectivity index (χ0v) is 18.9. The van der Waals surface area contributed by atoms with Gasteiger partial charge in [0.15, 0.2) is 0 Å². The molecule has 0 aromatic heterocycles. The fourth-order valence-electron chi connectivity index (χ4n) is 1.73. The number of rotatable bonds is 12. The van der Waals surface area contributed by atoms with Crippen molar-refractivity contribution in [2.75, 3.05) is 13.2 Å². The molecule has 0 aromatic rings. The Bertz CT molecular complexity index is 465. The van der Waals surface area contributed by atoms with E-state index in [0.717, 1.165) is 0 Å². The van der Waals surface area contributed by atoms with E-state index < -0.39 is 86.2 Å². The van der Waals surface area contributed by atoms with Gasteiger partial charge in [0.25, 0.3) is 0 Å². The minimum absolute atomic E-state index is 0. The van der Waals surface area contributed by atoms with E-state index in [1.54, 1.807) is 0 Å². The van der Waals surface area contributed by atoms with E-state index in [1.807, 2.05) is 0 Å². The van der Waals surface area contributed by atoms with Crippen LogP contribution in [0.5, 0.6) is 0 Å². The number of carbonyl (C=O) groups is 2. The number of carbonyl (C=O) groups excluding carboxylic acids is 2. The van der Waals surface area contributed by atoms with Crippen molar-refractivity contribution in [2.45, 2.75) is 61.0 Å². The van der Waals surface area contributed by atoms with Crippen molar-refractivity contribution in [3.05, 3.63) is 0 Å². The van der Waals surface area contributed by atoms with E-state index >= 15 is 0 Å². The largest absolute Gasteiger partial charge is 2.00 e. The second kappa shape index (κ2) is 16.7. The molecule has 17 heteroatoms. The molecule has 0 radical (unpaired) electrons. The monoisotopic (exact) mass is 514 g/mol. The molecule has 31 heavy (non-hydrogen) atoms. The first-order chi connectivity index (χ1) is 13.6. The normalized spacial score (nSPS) is 20.8. The van der Waals surface area contributed by atoms with E-state index in [-0.39, 0.29) is 19.5 Å². The van der Waals surface area contributed by atoms with E-state index in [1.165, 1.54) is 0 Å². The summed E-state index contributed by atoms with van der Waals surface area (Å²) in [7, 11) is 0. The fraction of sp³-hybridized carbons (Fsp3) is 0.857. The third-order valence-corrected chi connectivity index (χ3v) is 3.69. The number of aliphatic hydroxyl groups is 12. The van der Waals surface area contributed by atoms with Crippen molar-refractivity contribution >= 4 is 11.9 Å². The Kier molecular flexibility index (Phi) is 18.7. The van der Waals surface area contributed by atoms with Crippen LogP contribution in [0.25, 0.3) is 0 Å². The van der Waals surface area contributed by atoms with Gasteiger partial charge in [0.05, 0.1) is 25.2 Å². The number of hydrogen-bond donors (Lipinski definition) is 12. The topological polar surface area (TPSA) is 323 Å². The van der Waals surface area contributed by atoms with Crippen molar-refractivity contribution in [1.29, 1.82) is 0 Å². The van der Waals surface area contributed by atoms with Crippen LogP contribution in [-0.4, -0.2) is 147 Å². The molecule has 10 atom stereocenters. The predicted molar refractivity (Wildman–Crippen MR) is 84.3 cm³/mol. The van der Waals surface area contributed by atoms with Crippen LogP contribution in [0.1, 0.15) is 0 Å². The zero-order valence-electron chi connectivity index (χ0n) is 15.9. The van der Waals surface area contributed by atoms with Crippen LogP contribution in [0.4, 0.5) is 0 Å². The van der Waals surface area contributed by atoms with Crippen molar-refractivity contribution in [2.24, 2.45) is 0 Å². The summed E-state index contributed by atoms with van der Waals surface area (Å²) >= 11 is 0. The summed E-state index contributed by atoms with van der Waals surface area (Å²) in [6.45, 7) is -1.79. The molecular weight excluding hydrogens is 490 g/mol. The molecule has 0 fully saturated rings. The standard InChI is InChI=1S/2C7H14O8.Zn/c2*8-1-2(9)3(10)4(11)5(12)6(13)7(14)15;/h2*2-6,8-13H,1H2,(H,14,15);/q;;+2/p-2/t2*2-,3-,4-,5+,6-;/m11./s1. The average Bonchev–Trinajstić information content (AvgIpc) is 2.73. The average molecular weight is 516 g/mol. The summed E-state index contributed by atoms with van der Waals surface area (Å²) in [6, 6.07) is 0. The smallest absolute Gasteiger partial charge is 0.547 e. The molecule has 0 saturated carbocycles. The van der Waals surface area contributed by atoms with Crippen LogP contribution < -0.4 is 10.2 Å². The SMILES string of the molecule is O=C([O-])[C@H](O)[C@@H](O)[C@H](O)[C@H](O)[C@H](O)CO.O=C([O-])[C@H](O)[C@@H](O)[C@H](O)[C@H](O)[C@H](O)CO.[Zn+2]. The molecule has 0 amide bonds. The third-order valence-electron chi connectivity index (χ3n) is 3.69. The summed E-state index contributed by atoms with van der Waals surface area (Å²) in [6.07, 6.45) is -21.0. The van der Waals surface area contributed by atoms with E-state index in [9.17, 15) is 19.8 Å². The summed E-state index contributed by atoms with van der Waals surface area (Å²) in [4.78, 5) is 20.2. The van der Waals surface area contributed by atoms with Gasteiger partial charge in [-0.25, -0.2) is 0 Å². The van der Waals surface area contributed by atoms with Gasteiger partial charge in [0.2, 0.25) is 0 Å². The molecule has 0 aliphatic carbocycles. The maximum absolute atomic E-state index is 10.1. The van der Waals surface area contributed by atoms with Gasteiger partial charge in [-0.1, -0.05) is 0 Å². The summed E-state index contributed by atoms with van der Waals surface area (Å²) in [5, 5.41) is 126. The summed E-state index contributed by atoms with van der Waals surface area (Å²) < 4.78 is 0. The summed E-state index contributed by atoms with van der Waals surface area (Å²) in [5.41, 5.74) is 0. The Morgan fingerprint density at radius 1 is 0.516 bits per heavy atom. The number of carboxylic acid groups (broad SMARTS) is 2. The fourth-order valence-corrected chi connectivity index (χ4v) is 1.73. The van der Waals surface area contributed by atoms with Gasteiger partial charge in [0.1, 0.15) is 61.0 Å². The Morgan fingerprint density at radius 2 is 0.742 bits per heavy atom. The summed E-state index contributed by atoms with van der Waals surface area (Å²) in [5.74, 6) is -4.07. The molecule has 0 aromatic carbocycles. The number of carboxylic acids is 2. The molecule has 180 valence electrons. The van der Waals surface area contributed by atoms with Crippen LogP contribution in [0.2, 0.25) is 0 Å². The molecule has 0 aliphatic rings. The van der Waals surface area contributed by atoms with E-state index in [0.29, 0.717) is 0 Å². The van der Waals surface area contributed by atoms with Gasteiger partial charge in [0, 0.05) is 0 Å². The Labute approximate surface area is 187 Å².